The lowest BCUT2D eigenvalue weighted by molar-refractivity contribution is -0.125. The Morgan fingerprint density at radius 2 is 1.94 bits per heavy atom. The standard InChI is InChI=1S/C13H20N2O2/c1-9(16)8-15-13(17)10(2)12(14)11-6-4-3-5-7-11/h3-7,9-10,12,16H,8,14H2,1-2H3,(H,15,17). The van der Waals surface area contributed by atoms with Crippen LogP contribution in [-0.2, 0) is 4.79 Å². The van der Waals surface area contributed by atoms with Gasteiger partial charge in [-0.3, -0.25) is 4.79 Å². The summed E-state index contributed by atoms with van der Waals surface area (Å²) in [5, 5.41) is 11.8. The molecule has 0 aliphatic heterocycles. The van der Waals surface area contributed by atoms with E-state index in [0.717, 1.165) is 5.56 Å². The Kier molecular flexibility index (Phi) is 5.12. The summed E-state index contributed by atoms with van der Waals surface area (Å²) in [7, 11) is 0. The number of hydrogen-bond donors (Lipinski definition) is 3. The zero-order valence-corrected chi connectivity index (χ0v) is 10.3. The molecule has 3 atom stereocenters. The first kappa shape index (κ1) is 13.7. The highest BCUT2D eigenvalue weighted by atomic mass is 16.3. The molecule has 0 spiro atoms. The molecule has 3 unspecified atom stereocenters. The van der Waals surface area contributed by atoms with Gasteiger partial charge in [0.05, 0.1) is 12.0 Å². The summed E-state index contributed by atoms with van der Waals surface area (Å²) in [5.41, 5.74) is 6.96. The number of nitrogens with two attached hydrogens (primary N) is 1. The van der Waals surface area contributed by atoms with Crippen molar-refractivity contribution in [1.82, 2.24) is 5.32 Å². The first-order chi connectivity index (χ1) is 8.02. The fourth-order valence-corrected chi connectivity index (χ4v) is 1.54. The van der Waals surface area contributed by atoms with E-state index in [1.165, 1.54) is 0 Å². The van der Waals surface area contributed by atoms with Gasteiger partial charge in [0.1, 0.15) is 0 Å². The fourth-order valence-electron chi connectivity index (χ4n) is 1.54. The fraction of sp³-hybridized carbons (Fsp3) is 0.462. The number of carbonyl (C=O) groups is 1. The van der Waals surface area contributed by atoms with Gasteiger partial charge in [0.15, 0.2) is 0 Å². The smallest absolute Gasteiger partial charge is 0.224 e. The SMILES string of the molecule is CC(O)CNC(=O)C(C)C(N)c1ccccc1. The number of rotatable bonds is 5. The Hall–Kier alpha value is -1.39. The Bertz CT molecular complexity index is 352. The van der Waals surface area contributed by atoms with Crippen molar-refractivity contribution in [3.05, 3.63) is 35.9 Å². The van der Waals surface area contributed by atoms with Crippen molar-refractivity contribution < 1.29 is 9.90 Å². The lowest BCUT2D eigenvalue weighted by atomic mass is 9.94. The summed E-state index contributed by atoms with van der Waals surface area (Å²) in [6, 6.07) is 9.19. The van der Waals surface area contributed by atoms with Crippen molar-refractivity contribution in [2.24, 2.45) is 11.7 Å². The number of carbonyl (C=O) groups excluding carboxylic acids is 1. The second-order valence-electron chi connectivity index (χ2n) is 4.32. The molecule has 17 heavy (non-hydrogen) atoms. The molecule has 0 aromatic heterocycles. The van der Waals surface area contributed by atoms with Gasteiger partial charge in [0, 0.05) is 12.6 Å². The molecule has 1 aromatic rings. The van der Waals surface area contributed by atoms with E-state index in [2.05, 4.69) is 5.32 Å². The predicted molar refractivity (Wildman–Crippen MR) is 67.2 cm³/mol. The molecule has 4 nitrogen and oxygen atoms in total. The summed E-state index contributed by atoms with van der Waals surface area (Å²) in [6.07, 6.45) is -0.543. The lowest BCUT2D eigenvalue weighted by Crippen LogP contribution is -2.38. The highest BCUT2D eigenvalue weighted by molar-refractivity contribution is 5.79. The van der Waals surface area contributed by atoms with Crippen LogP contribution in [0.2, 0.25) is 0 Å². The minimum absolute atomic E-state index is 0.137. The molecular formula is C13H20N2O2. The highest BCUT2D eigenvalue weighted by Gasteiger charge is 2.21. The maximum absolute atomic E-state index is 11.8. The number of benzene rings is 1. The van der Waals surface area contributed by atoms with Crippen LogP contribution in [-0.4, -0.2) is 23.7 Å². The quantitative estimate of drug-likeness (QED) is 0.708. The normalized spacial score (nSPS) is 16.0. The van der Waals surface area contributed by atoms with Gasteiger partial charge in [-0.2, -0.15) is 0 Å². The van der Waals surface area contributed by atoms with E-state index in [0.29, 0.717) is 0 Å². The van der Waals surface area contributed by atoms with Gasteiger partial charge in [0.2, 0.25) is 5.91 Å². The van der Waals surface area contributed by atoms with Crippen molar-refractivity contribution in [2.45, 2.75) is 26.0 Å². The van der Waals surface area contributed by atoms with Gasteiger partial charge in [-0.1, -0.05) is 37.3 Å². The summed E-state index contributed by atoms with van der Waals surface area (Å²) < 4.78 is 0. The van der Waals surface area contributed by atoms with Gasteiger partial charge < -0.3 is 16.2 Å². The van der Waals surface area contributed by atoms with Crippen LogP contribution in [0.15, 0.2) is 30.3 Å². The van der Waals surface area contributed by atoms with E-state index in [4.69, 9.17) is 10.8 Å². The third kappa shape index (κ3) is 4.17. The Morgan fingerprint density at radius 1 is 1.35 bits per heavy atom. The summed E-state index contributed by atoms with van der Waals surface area (Å²) >= 11 is 0. The van der Waals surface area contributed by atoms with E-state index in [1.807, 2.05) is 30.3 Å². The topological polar surface area (TPSA) is 75.3 Å². The number of hydrogen-bond acceptors (Lipinski definition) is 3. The zero-order chi connectivity index (χ0) is 12.8. The molecule has 0 heterocycles. The van der Waals surface area contributed by atoms with Crippen molar-refractivity contribution in [3.63, 3.8) is 0 Å². The Labute approximate surface area is 102 Å². The number of aliphatic hydroxyl groups excluding tert-OH is 1. The molecule has 0 aliphatic rings. The predicted octanol–water partition coefficient (Wildman–Crippen LogP) is 0.820. The van der Waals surface area contributed by atoms with Crippen LogP contribution in [0.3, 0.4) is 0 Å². The van der Waals surface area contributed by atoms with Crippen molar-refractivity contribution in [1.29, 1.82) is 0 Å². The molecule has 0 saturated carbocycles. The summed E-state index contributed by atoms with van der Waals surface area (Å²) in [4.78, 5) is 11.8. The molecule has 1 amide bonds. The van der Waals surface area contributed by atoms with Gasteiger partial charge in [-0.25, -0.2) is 0 Å². The molecule has 1 aromatic carbocycles. The third-order valence-corrected chi connectivity index (χ3v) is 2.71. The molecule has 0 radical (unpaired) electrons. The minimum atomic E-state index is -0.543. The maximum Gasteiger partial charge on any atom is 0.224 e. The van der Waals surface area contributed by atoms with Crippen LogP contribution in [0.25, 0.3) is 0 Å². The molecule has 0 bridgehead atoms. The molecule has 94 valence electrons. The lowest BCUT2D eigenvalue weighted by Gasteiger charge is -2.20. The minimum Gasteiger partial charge on any atom is -0.392 e. The largest absolute Gasteiger partial charge is 0.392 e. The second kappa shape index (κ2) is 6.37. The molecule has 0 fully saturated rings. The number of nitrogens with one attached hydrogen (secondary N) is 1. The van der Waals surface area contributed by atoms with E-state index in [9.17, 15) is 4.79 Å². The van der Waals surface area contributed by atoms with Crippen molar-refractivity contribution in [3.8, 4) is 0 Å². The second-order valence-corrected chi connectivity index (χ2v) is 4.32. The third-order valence-electron chi connectivity index (χ3n) is 2.71. The van der Waals surface area contributed by atoms with Gasteiger partial charge >= 0.3 is 0 Å². The molecule has 1 rings (SSSR count). The maximum atomic E-state index is 11.8. The van der Waals surface area contributed by atoms with Gasteiger partial charge in [-0.15, -0.1) is 0 Å². The number of aliphatic hydroxyl groups is 1. The van der Waals surface area contributed by atoms with E-state index >= 15 is 0 Å². The molecule has 4 N–H and O–H groups in total. The Balaban J connectivity index is 2.57. The first-order valence-electron chi connectivity index (χ1n) is 5.78. The number of amides is 1. The van der Waals surface area contributed by atoms with Crippen LogP contribution in [0.5, 0.6) is 0 Å². The van der Waals surface area contributed by atoms with Crippen LogP contribution in [0.1, 0.15) is 25.5 Å². The van der Waals surface area contributed by atoms with Crippen LogP contribution in [0, 0.1) is 5.92 Å². The summed E-state index contributed by atoms with van der Waals surface area (Å²) in [6.45, 7) is 3.67. The van der Waals surface area contributed by atoms with Crippen LogP contribution < -0.4 is 11.1 Å². The van der Waals surface area contributed by atoms with E-state index in [-0.39, 0.29) is 24.4 Å². The average Bonchev–Trinajstić information content (AvgIpc) is 2.35. The molecule has 0 aliphatic carbocycles. The first-order valence-corrected chi connectivity index (χ1v) is 5.78. The molecular weight excluding hydrogens is 216 g/mol. The van der Waals surface area contributed by atoms with Crippen molar-refractivity contribution >= 4 is 5.91 Å². The van der Waals surface area contributed by atoms with E-state index < -0.39 is 6.10 Å². The average molecular weight is 236 g/mol. The van der Waals surface area contributed by atoms with Gasteiger partial charge in [-0.05, 0) is 12.5 Å². The monoisotopic (exact) mass is 236 g/mol. The van der Waals surface area contributed by atoms with Crippen LogP contribution >= 0.6 is 0 Å². The van der Waals surface area contributed by atoms with Crippen molar-refractivity contribution in [2.75, 3.05) is 6.54 Å². The van der Waals surface area contributed by atoms with E-state index in [1.54, 1.807) is 13.8 Å². The molecule has 4 heteroatoms. The van der Waals surface area contributed by atoms with Crippen LogP contribution in [0.4, 0.5) is 0 Å². The molecule has 0 saturated heterocycles. The highest BCUT2D eigenvalue weighted by Crippen LogP contribution is 2.18. The van der Waals surface area contributed by atoms with Gasteiger partial charge in [0.25, 0.3) is 0 Å². The Morgan fingerprint density at radius 3 is 2.47 bits per heavy atom. The summed E-state index contributed by atoms with van der Waals surface area (Å²) in [5.74, 6) is -0.460. The zero-order valence-electron chi connectivity index (χ0n) is 10.3.